The summed E-state index contributed by atoms with van der Waals surface area (Å²) in [5, 5.41) is 5.29. The van der Waals surface area contributed by atoms with E-state index in [0.717, 1.165) is 35.2 Å². The van der Waals surface area contributed by atoms with E-state index in [-0.39, 0.29) is 5.91 Å². The third kappa shape index (κ3) is 4.00. The number of benzene rings is 2. The van der Waals surface area contributed by atoms with Crippen LogP contribution in [0.4, 0.5) is 17.1 Å². The zero-order valence-corrected chi connectivity index (χ0v) is 15.8. The number of nitrogens with one attached hydrogen (secondary N) is 2. The van der Waals surface area contributed by atoms with E-state index in [0.29, 0.717) is 17.9 Å². The molecule has 0 bridgehead atoms. The fourth-order valence-corrected chi connectivity index (χ4v) is 3.35. The fourth-order valence-electron chi connectivity index (χ4n) is 3.35. The Balaban J connectivity index is 1.75. The summed E-state index contributed by atoms with van der Waals surface area (Å²) in [6, 6.07) is 11.0. The van der Waals surface area contributed by atoms with Crippen LogP contribution >= 0.6 is 0 Å². The summed E-state index contributed by atoms with van der Waals surface area (Å²) in [6.07, 6.45) is 1.80. The number of carbonyl (C=O) groups is 3. The van der Waals surface area contributed by atoms with Gasteiger partial charge in [0.25, 0.3) is 0 Å². The Kier molecular flexibility index (Phi) is 5.26. The third-order valence-electron chi connectivity index (χ3n) is 4.77. The molecule has 2 aromatic carbocycles. The van der Waals surface area contributed by atoms with Gasteiger partial charge in [0.15, 0.2) is 0 Å². The van der Waals surface area contributed by atoms with Gasteiger partial charge in [0, 0.05) is 30.5 Å². The monoisotopic (exact) mass is 365 g/mol. The van der Waals surface area contributed by atoms with Crippen LogP contribution in [0.25, 0.3) is 0 Å². The van der Waals surface area contributed by atoms with E-state index in [1.165, 1.54) is 6.92 Å². The van der Waals surface area contributed by atoms with E-state index in [9.17, 15) is 14.4 Å². The molecule has 3 amide bonds. The molecule has 0 unspecified atom stereocenters. The lowest BCUT2D eigenvalue weighted by Crippen LogP contribution is -2.34. The highest BCUT2D eigenvalue weighted by atomic mass is 16.2. The summed E-state index contributed by atoms with van der Waals surface area (Å²) in [5.74, 6) is -1.51. The van der Waals surface area contributed by atoms with Crippen LogP contribution in [0.3, 0.4) is 0 Å². The van der Waals surface area contributed by atoms with Crippen molar-refractivity contribution in [2.45, 2.75) is 33.6 Å². The first-order valence-corrected chi connectivity index (χ1v) is 8.96. The SMILES string of the molecule is CC(=O)N1CCCc2ccc(NC(=O)C(=O)Nc3c(C)cccc3C)cc21. The smallest absolute Gasteiger partial charge is 0.314 e. The molecule has 0 fully saturated rings. The fraction of sp³-hybridized carbons (Fsp3) is 0.286. The molecule has 0 saturated heterocycles. The second kappa shape index (κ2) is 7.61. The van der Waals surface area contributed by atoms with Gasteiger partial charge in [0.1, 0.15) is 0 Å². The van der Waals surface area contributed by atoms with Crippen LogP contribution in [-0.4, -0.2) is 24.3 Å². The van der Waals surface area contributed by atoms with Gasteiger partial charge in [0.05, 0.1) is 0 Å². The van der Waals surface area contributed by atoms with Crippen LogP contribution in [0.1, 0.15) is 30.0 Å². The maximum absolute atomic E-state index is 12.3. The number of anilines is 3. The van der Waals surface area contributed by atoms with Crippen molar-refractivity contribution in [1.82, 2.24) is 0 Å². The molecule has 1 aliphatic rings. The standard InChI is InChI=1S/C21H23N3O3/c1-13-6-4-7-14(2)19(13)23-21(27)20(26)22-17-10-9-16-8-5-11-24(15(3)25)18(16)12-17/h4,6-7,9-10,12H,5,8,11H2,1-3H3,(H,22,26)(H,23,27). The molecule has 27 heavy (non-hydrogen) atoms. The topological polar surface area (TPSA) is 78.5 Å². The zero-order valence-electron chi connectivity index (χ0n) is 15.8. The molecule has 140 valence electrons. The second-order valence-electron chi connectivity index (χ2n) is 6.79. The Bertz CT molecular complexity index is 901. The van der Waals surface area contributed by atoms with E-state index < -0.39 is 11.8 Å². The van der Waals surface area contributed by atoms with Crippen molar-refractivity contribution in [2.75, 3.05) is 22.1 Å². The van der Waals surface area contributed by atoms with Crippen molar-refractivity contribution in [3.05, 3.63) is 53.1 Å². The summed E-state index contributed by atoms with van der Waals surface area (Å²) < 4.78 is 0. The average molecular weight is 365 g/mol. The van der Waals surface area contributed by atoms with E-state index in [1.807, 2.05) is 38.1 Å². The zero-order chi connectivity index (χ0) is 19.6. The number of nitrogens with zero attached hydrogens (tertiary/aromatic N) is 1. The number of hydrogen-bond acceptors (Lipinski definition) is 3. The number of amides is 3. The van der Waals surface area contributed by atoms with Crippen LogP contribution < -0.4 is 15.5 Å². The Hall–Kier alpha value is -3.15. The number of carbonyl (C=O) groups excluding carboxylic acids is 3. The van der Waals surface area contributed by atoms with Crippen molar-refractivity contribution >= 4 is 34.8 Å². The van der Waals surface area contributed by atoms with Crippen molar-refractivity contribution in [3.8, 4) is 0 Å². The highest BCUT2D eigenvalue weighted by Crippen LogP contribution is 2.30. The normalized spacial score (nSPS) is 12.9. The quantitative estimate of drug-likeness (QED) is 0.803. The van der Waals surface area contributed by atoms with Gasteiger partial charge < -0.3 is 15.5 Å². The first-order valence-electron chi connectivity index (χ1n) is 8.96. The highest BCUT2D eigenvalue weighted by molar-refractivity contribution is 6.43. The molecular weight excluding hydrogens is 342 g/mol. The molecule has 2 N–H and O–H groups in total. The van der Waals surface area contributed by atoms with Gasteiger partial charge in [-0.15, -0.1) is 0 Å². The average Bonchev–Trinajstić information content (AvgIpc) is 2.64. The van der Waals surface area contributed by atoms with E-state index in [4.69, 9.17) is 0 Å². The van der Waals surface area contributed by atoms with Gasteiger partial charge in [-0.1, -0.05) is 24.3 Å². The lowest BCUT2D eigenvalue weighted by Gasteiger charge is -2.29. The molecule has 0 atom stereocenters. The van der Waals surface area contributed by atoms with Crippen LogP contribution in [0.2, 0.25) is 0 Å². The van der Waals surface area contributed by atoms with Crippen molar-refractivity contribution in [3.63, 3.8) is 0 Å². The Labute approximate surface area is 158 Å². The van der Waals surface area contributed by atoms with Crippen molar-refractivity contribution in [2.24, 2.45) is 0 Å². The number of para-hydroxylation sites is 1. The maximum Gasteiger partial charge on any atom is 0.314 e. The van der Waals surface area contributed by atoms with Crippen LogP contribution in [0.5, 0.6) is 0 Å². The lowest BCUT2D eigenvalue weighted by atomic mass is 10.0. The minimum atomic E-state index is -0.747. The molecule has 2 aromatic rings. The van der Waals surface area contributed by atoms with Crippen LogP contribution in [0, 0.1) is 13.8 Å². The summed E-state index contributed by atoms with van der Waals surface area (Å²) in [7, 11) is 0. The van der Waals surface area contributed by atoms with Gasteiger partial charge in [-0.25, -0.2) is 0 Å². The molecule has 0 radical (unpaired) electrons. The van der Waals surface area contributed by atoms with E-state index >= 15 is 0 Å². The number of aryl methyl sites for hydroxylation is 3. The van der Waals surface area contributed by atoms with Crippen LogP contribution in [-0.2, 0) is 20.8 Å². The molecule has 1 heterocycles. The largest absolute Gasteiger partial charge is 0.318 e. The molecule has 1 aliphatic heterocycles. The van der Waals surface area contributed by atoms with E-state index in [1.54, 1.807) is 17.0 Å². The predicted octanol–water partition coefficient (Wildman–Crippen LogP) is 3.18. The molecule has 0 spiro atoms. The summed E-state index contributed by atoms with van der Waals surface area (Å²) in [6.45, 7) is 5.94. The van der Waals surface area contributed by atoms with Gasteiger partial charge >= 0.3 is 11.8 Å². The number of fused-ring (bicyclic) bond motifs is 1. The van der Waals surface area contributed by atoms with Crippen LogP contribution in [0.15, 0.2) is 36.4 Å². The van der Waals surface area contributed by atoms with Gasteiger partial charge in [-0.3, -0.25) is 14.4 Å². The van der Waals surface area contributed by atoms with Crippen molar-refractivity contribution < 1.29 is 14.4 Å². The lowest BCUT2D eigenvalue weighted by molar-refractivity contribution is -0.133. The molecule has 6 heteroatoms. The number of hydrogen-bond donors (Lipinski definition) is 2. The summed E-state index contributed by atoms with van der Waals surface area (Å²) >= 11 is 0. The minimum Gasteiger partial charge on any atom is -0.318 e. The minimum absolute atomic E-state index is 0.0350. The Morgan fingerprint density at radius 1 is 0.963 bits per heavy atom. The predicted molar refractivity (Wildman–Crippen MR) is 106 cm³/mol. The third-order valence-corrected chi connectivity index (χ3v) is 4.77. The summed E-state index contributed by atoms with van der Waals surface area (Å²) in [5.41, 5.74) is 4.77. The Morgan fingerprint density at radius 3 is 2.30 bits per heavy atom. The first kappa shape index (κ1) is 18.6. The molecule has 6 nitrogen and oxygen atoms in total. The molecule has 0 aliphatic carbocycles. The molecular formula is C21H23N3O3. The molecule has 0 aromatic heterocycles. The van der Waals surface area contributed by atoms with Gasteiger partial charge in [-0.05, 0) is 55.5 Å². The van der Waals surface area contributed by atoms with E-state index in [2.05, 4.69) is 10.6 Å². The summed E-state index contributed by atoms with van der Waals surface area (Å²) in [4.78, 5) is 38.2. The highest BCUT2D eigenvalue weighted by Gasteiger charge is 2.21. The molecule has 0 saturated carbocycles. The molecule has 3 rings (SSSR count). The second-order valence-corrected chi connectivity index (χ2v) is 6.79. The maximum atomic E-state index is 12.3. The number of rotatable bonds is 2. The first-order chi connectivity index (χ1) is 12.9. The van der Waals surface area contributed by atoms with Gasteiger partial charge in [0.2, 0.25) is 5.91 Å². The Morgan fingerprint density at radius 2 is 1.63 bits per heavy atom. The van der Waals surface area contributed by atoms with Gasteiger partial charge in [-0.2, -0.15) is 0 Å². The van der Waals surface area contributed by atoms with Crippen molar-refractivity contribution in [1.29, 1.82) is 0 Å².